The van der Waals surface area contributed by atoms with Crippen LogP contribution in [0.5, 0.6) is 0 Å². The largest absolute Gasteiger partial charge is 0.390 e. The molecule has 1 amide bonds. The molecule has 0 spiro atoms. The summed E-state index contributed by atoms with van der Waals surface area (Å²) < 4.78 is 12.7. The molecule has 0 aromatic heterocycles. The fraction of sp³-hybridized carbons (Fsp3) is 0.312. The van der Waals surface area contributed by atoms with Crippen molar-refractivity contribution in [2.75, 3.05) is 6.54 Å². The fourth-order valence-corrected chi connectivity index (χ4v) is 2.15. The van der Waals surface area contributed by atoms with Crippen LogP contribution in [0.4, 0.5) is 4.39 Å². The van der Waals surface area contributed by atoms with E-state index in [0.29, 0.717) is 0 Å². The monoisotopic (exact) mass is 307 g/mol. The second kappa shape index (κ2) is 7.31. The Morgan fingerprint density at radius 1 is 1.27 bits per heavy atom. The lowest BCUT2D eigenvalue weighted by atomic mass is 9.92. The Balaban J connectivity index is 1.85. The molecule has 1 aliphatic carbocycles. The molecule has 3 atom stereocenters. The highest BCUT2D eigenvalue weighted by Crippen LogP contribution is 2.19. The molecule has 5 nitrogen and oxygen atoms in total. The molecule has 4 N–H and O–H groups in total. The minimum atomic E-state index is -1.27. The number of hydrogen-bond acceptors (Lipinski definition) is 4. The van der Waals surface area contributed by atoms with E-state index >= 15 is 0 Å². The molecule has 0 bridgehead atoms. The predicted molar refractivity (Wildman–Crippen MR) is 79.2 cm³/mol. The molecule has 118 valence electrons. The van der Waals surface area contributed by atoms with Gasteiger partial charge in [0.1, 0.15) is 18.0 Å². The first-order valence-electron chi connectivity index (χ1n) is 6.92. The highest BCUT2D eigenvalue weighted by atomic mass is 19.1. The first-order valence-corrected chi connectivity index (χ1v) is 6.92. The minimum absolute atomic E-state index is 0.00820. The summed E-state index contributed by atoms with van der Waals surface area (Å²) in [4.78, 5) is 11.9. The standard InChI is InChI=1S/C16H18FNO4/c17-12-5-3-10(4-6-12)2-1-7-18-16(22)11-8-13(19)15(21)14(20)9-11/h1-6,8,13-15,19-21H,7,9H2,(H,18,22)/b2-1+/t13-,14-,15-/m1/s1. The third-order valence-corrected chi connectivity index (χ3v) is 3.40. The number of amides is 1. The zero-order chi connectivity index (χ0) is 16.1. The molecule has 0 unspecified atom stereocenters. The number of benzene rings is 1. The lowest BCUT2D eigenvalue weighted by Gasteiger charge is -2.27. The lowest BCUT2D eigenvalue weighted by molar-refractivity contribution is -0.118. The van der Waals surface area contributed by atoms with Crippen LogP contribution in [0.3, 0.4) is 0 Å². The number of aliphatic hydroxyl groups is 3. The Kier molecular flexibility index (Phi) is 5.43. The fourth-order valence-electron chi connectivity index (χ4n) is 2.15. The van der Waals surface area contributed by atoms with E-state index in [1.165, 1.54) is 18.2 Å². The van der Waals surface area contributed by atoms with Crippen molar-refractivity contribution >= 4 is 12.0 Å². The minimum Gasteiger partial charge on any atom is -0.390 e. The second-order valence-corrected chi connectivity index (χ2v) is 5.11. The summed E-state index contributed by atoms with van der Waals surface area (Å²) in [5, 5.41) is 31.0. The molecule has 0 saturated heterocycles. The van der Waals surface area contributed by atoms with Gasteiger partial charge in [-0.05, 0) is 23.8 Å². The Hall–Kier alpha value is -2.02. The molecule has 0 radical (unpaired) electrons. The molecule has 0 heterocycles. The summed E-state index contributed by atoms with van der Waals surface area (Å²) in [6.07, 6.45) is 1.01. The van der Waals surface area contributed by atoms with Crippen molar-refractivity contribution in [1.29, 1.82) is 0 Å². The number of nitrogens with one attached hydrogen (secondary N) is 1. The average molecular weight is 307 g/mol. The van der Waals surface area contributed by atoms with E-state index in [2.05, 4.69) is 5.32 Å². The van der Waals surface area contributed by atoms with Gasteiger partial charge in [0.15, 0.2) is 0 Å². The Labute approximate surface area is 127 Å². The summed E-state index contributed by atoms with van der Waals surface area (Å²) in [5.41, 5.74) is 1.04. The van der Waals surface area contributed by atoms with E-state index in [1.807, 2.05) is 0 Å². The van der Waals surface area contributed by atoms with Gasteiger partial charge < -0.3 is 20.6 Å². The van der Waals surface area contributed by atoms with Gasteiger partial charge in [-0.3, -0.25) is 4.79 Å². The van der Waals surface area contributed by atoms with Crippen LogP contribution in [-0.4, -0.2) is 46.1 Å². The molecule has 1 aromatic rings. The first kappa shape index (κ1) is 16.4. The zero-order valence-corrected chi connectivity index (χ0v) is 11.8. The van der Waals surface area contributed by atoms with Crippen LogP contribution < -0.4 is 5.32 Å². The van der Waals surface area contributed by atoms with Crippen LogP contribution in [0.25, 0.3) is 6.08 Å². The van der Waals surface area contributed by atoms with Gasteiger partial charge in [-0.25, -0.2) is 4.39 Å². The smallest absolute Gasteiger partial charge is 0.247 e. The molecular weight excluding hydrogens is 289 g/mol. The number of rotatable bonds is 4. The molecule has 0 fully saturated rings. The van der Waals surface area contributed by atoms with E-state index in [-0.39, 0.29) is 24.4 Å². The van der Waals surface area contributed by atoms with Gasteiger partial charge >= 0.3 is 0 Å². The summed E-state index contributed by atoms with van der Waals surface area (Å²) in [7, 11) is 0. The maximum Gasteiger partial charge on any atom is 0.247 e. The molecule has 6 heteroatoms. The third-order valence-electron chi connectivity index (χ3n) is 3.40. The van der Waals surface area contributed by atoms with Crippen LogP contribution in [0.15, 0.2) is 42.0 Å². The van der Waals surface area contributed by atoms with E-state index < -0.39 is 24.2 Å². The van der Waals surface area contributed by atoms with Crippen LogP contribution in [0, 0.1) is 5.82 Å². The van der Waals surface area contributed by atoms with Gasteiger partial charge in [0, 0.05) is 18.5 Å². The van der Waals surface area contributed by atoms with E-state index in [1.54, 1.807) is 24.3 Å². The number of halogens is 1. The van der Waals surface area contributed by atoms with Crippen molar-refractivity contribution in [3.05, 3.63) is 53.4 Å². The molecule has 22 heavy (non-hydrogen) atoms. The summed E-state index contributed by atoms with van der Waals surface area (Å²) in [6.45, 7) is 0.252. The third kappa shape index (κ3) is 4.24. The number of aliphatic hydroxyl groups excluding tert-OH is 3. The van der Waals surface area contributed by atoms with Crippen molar-refractivity contribution in [2.24, 2.45) is 0 Å². The van der Waals surface area contributed by atoms with Crippen LogP contribution in [-0.2, 0) is 4.79 Å². The van der Waals surface area contributed by atoms with Gasteiger partial charge in [-0.15, -0.1) is 0 Å². The number of carbonyl (C=O) groups is 1. The van der Waals surface area contributed by atoms with Gasteiger partial charge in [-0.1, -0.05) is 24.3 Å². The predicted octanol–water partition coefficient (Wildman–Crippen LogP) is 0.368. The van der Waals surface area contributed by atoms with E-state index in [4.69, 9.17) is 0 Å². The van der Waals surface area contributed by atoms with Crippen molar-refractivity contribution in [1.82, 2.24) is 5.32 Å². The first-order chi connectivity index (χ1) is 10.5. The van der Waals surface area contributed by atoms with E-state index in [9.17, 15) is 24.5 Å². The highest BCUT2D eigenvalue weighted by molar-refractivity contribution is 5.93. The maximum absolute atomic E-state index is 12.7. The zero-order valence-electron chi connectivity index (χ0n) is 11.8. The summed E-state index contributed by atoms with van der Waals surface area (Å²) in [6, 6.07) is 5.93. The van der Waals surface area contributed by atoms with Crippen molar-refractivity contribution < 1.29 is 24.5 Å². The van der Waals surface area contributed by atoms with Crippen molar-refractivity contribution in [2.45, 2.75) is 24.7 Å². The van der Waals surface area contributed by atoms with Crippen LogP contribution >= 0.6 is 0 Å². The van der Waals surface area contributed by atoms with Gasteiger partial charge in [0.25, 0.3) is 0 Å². The van der Waals surface area contributed by atoms with Gasteiger partial charge in [-0.2, -0.15) is 0 Å². The quantitative estimate of drug-likeness (QED) is 0.647. The second-order valence-electron chi connectivity index (χ2n) is 5.11. The van der Waals surface area contributed by atoms with Gasteiger partial charge in [0.2, 0.25) is 5.91 Å². The topological polar surface area (TPSA) is 89.8 Å². The molecule has 1 aliphatic rings. The number of carbonyl (C=O) groups excluding carboxylic acids is 1. The molecule has 2 rings (SSSR count). The Bertz CT molecular complexity index is 582. The summed E-state index contributed by atoms with van der Waals surface area (Å²) >= 11 is 0. The molecule has 1 aromatic carbocycles. The van der Waals surface area contributed by atoms with Crippen LogP contribution in [0.1, 0.15) is 12.0 Å². The number of hydrogen-bond donors (Lipinski definition) is 4. The van der Waals surface area contributed by atoms with Crippen molar-refractivity contribution in [3.63, 3.8) is 0 Å². The van der Waals surface area contributed by atoms with Crippen molar-refractivity contribution in [3.8, 4) is 0 Å². The van der Waals surface area contributed by atoms with Crippen LogP contribution in [0.2, 0.25) is 0 Å². The maximum atomic E-state index is 12.7. The normalized spacial score (nSPS) is 25.1. The SMILES string of the molecule is O=C(NC/C=C/c1ccc(F)cc1)C1=C[C@@H](O)[C@@H](O)[C@H](O)C1. The molecule has 0 aliphatic heterocycles. The molecule has 0 saturated carbocycles. The molecular formula is C16H18FNO4. The Morgan fingerprint density at radius 3 is 2.59 bits per heavy atom. The Morgan fingerprint density at radius 2 is 1.95 bits per heavy atom. The highest BCUT2D eigenvalue weighted by Gasteiger charge is 2.31. The lowest BCUT2D eigenvalue weighted by Crippen LogP contribution is -2.42. The summed E-state index contributed by atoms with van der Waals surface area (Å²) in [5.74, 6) is -0.720. The average Bonchev–Trinajstić information content (AvgIpc) is 2.50. The van der Waals surface area contributed by atoms with E-state index in [0.717, 1.165) is 5.56 Å². The van der Waals surface area contributed by atoms with Gasteiger partial charge in [0.05, 0.1) is 6.10 Å².